The van der Waals surface area contributed by atoms with Crippen molar-refractivity contribution in [2.75, 3.05) is 6.54 Å². The quantitative estimate of drug-likeness (QED) is 0.343. The molecule has 1 saturated heterocycles. The van der Waals surface area contributed by atoms with Crippen molar-refractivity contribution in [3.05, 3.63) is 47.7 Å². The molecule has 0 spiro atoms. The number of ketones is 1. The maximum Gasteiger partial charge on any atom is 0.308 e. The second-order valence-corrected chi connectivity index (χ2v) is 7.90. The van der Waals surface area contributed by atoms with E-state index >= 15 is 0 Å². The molecule has 1 aromatic heterocycles. The molecule has 2 aliphatic rings. The van der Waals surface area contributed by atoms with Crippen LogP contribution < -0.4 is 0 Å². The number of imide groups is 1. The third-order valence-corrected chi connectivity index (χ3v) is 5.96. The number of likely N-dealkylation sites (tertiary alicyclic amines) is 1. The Morgan fingerprint density at radius 3 is 2.43 bits per heavy atom. The Morgan fingerprint density at radius 2 is 1.77 bits per heavy atom. The van der Waals surface area contributed by atoms with Crippen molar-refractivity contribution in [3.63, 3.8) is 0 Å². The molecule has 7 heteroatoms. The van der Waals surface area contributed by atoms with Crippen molar-refractivity contribution < 1.29 is 23.9 Å². The number of carbonyl (C=O) groups is 4. The molecule has 0 saturated carbocycles. The normalized spacial score (nSPS) is 21.7. The van der Waals surface area contributed by atoms with Crippen molar-refractivity contribution in [1.82, 2.24) is 9.88 Å². The van der Waals surface area contributed by atoms with E-state index in [-0.39, 0.29) is 42.4 Å². The molecule has 7 nitrogen and oxygen atoms in total. The van der Waals surface area contributed by atoms with Crippen molar-refractivity contribution in [3.8, 4) is 0 Å². The number of nitrogens with one attached hydrogen (secondary N) is 1. The first-order valence-corrected chi connectivity index (χ1v) is 10.2. The van der Waals surface area contributed by atoms with Gasteiger partial charge in [-0.15, -0.1) is 0 Å². The van der Waals surface area contributed by atoms with Gasteiger partial charge in [-0.05, 0) is 32.8 Å². The highest BCUT2D eigenvalue weighted by atomic mass is 16.5. The first-order valence-electron chi connectivity index (χ1n) is 10.2. The SMILES string of the molecule is Cc1[nH]c2ccccc2c1C(=O)[C@H](C)OC(=O)CCN1C(=O)[C@H]2CC=CC[C@@H]2C1=O. The Balaban J connectivity index is 1.37. The van der Waals surface area contributed by atoms with Gasteiger partial charge in [0.25, 0.3) is 0 Å². The summed E-state index contributed by atoms with van der Waals surface area (Å²) in [6.07, 6.45) is 3.87. The number of aryl methyl sites for hydroxylation is 1. The van der Waals surface area contributed by atoms with Gasteiger partial charge < -0.3 is 9.72 Å². The number of aromatic amines is 1. The third-order valence-electron chi connectivity index (χ3n) is 5.96. The summed E-state index contributed by atoms with van der Waals surface area (Å²) < 4.78 is 5.32. The number of Topliss-reactive ketones (excluding diaryl/α,β-unsaturated/α-hetero) is 1. The lowest BCUT2D eigenvalue weighted by molar-refractivity contribution is -0.147. The summed E-state index contributed by atoms with van der Waals surface area (Å²) >= 11 is 0. The summed E-state index contributed by atoms with van der Waals surface area (Å²) in [6.45, 7) is 3.32. The first-order chi connectivity index (χ1) is 14.4. The van der Waals surface area contributed by atoms with Crippen LogP contribution in [0.5, 0.6) is 0 Å². The number of hydrogen-bond donors (Lipinski definition) is 1. The molecule has 1 aromatic carbocycles. The minimum absolute atomic E-state index is 0.0173. The topological polar surface area (TPSA) is 96.5 Å². The molecule has 156 valence electrons. The molecular formula is C23H24N2O5. The summed E-state index contributed by atoms with van der Waals surface area (Å²) in [5, 5.41) is 0.785. The van der Waals surface area contributed by atoms with Crippen molar-refractivity contribution in [1.29, 1.82) is 0 Å². The Labute approximate surface area is 174 Å². The van der Waals surface area contributed by atoms with Crippen LogP contribution in [0.2, 0.25) is 0 Å². The minimum Gasteiger partial charge on any atom is -0.454 e. The van der Waals surface area contributed by atoms with Crippen LogP contribution in [0.15, 0.2) is 36.4 Å². The van der Waals surface area contributed by atoms with Crippen LogP contribution in [-0.2, 0) is 19.1 Å². The smallest absolute Gasteiger partial charge is 0.308 e. The number of rotatable bonds is 6. The number of amides is 2. The summed E-state index contributed by atoms with van der Waals surface area (Å²) in [5.74, 6) is -1.97. The molecule has 1 fully saturated rings. The van der Waals surface area contributed by atoms with E-state index in [9.17, 15) is 19.2 Å². The molecule has 1 N–H and O–H groups in total. The molecule has 1 aliphatic heterocycles. The van der Waals surface area contributed by atoms with Gasteiger partial charge in [-0.3, -0.25) is 24.1 Å². The molecule has 2 aromatic rings. The summed E-state index contributed by atoms with van der Waals surface area (Å²) in [5.41, 5.74) is 2.07. The average molecular weight is 408 g/mol. The van der Waals surface area contributed by atoms with Gasteiger partial charge in [0.05, 0.1) is 18.3 Å². The van der Waals surface area contributed by atoms with E-state index in [1.165, 1.54) is 11.8 Å². The van der Waals surface area contributed by atoms with E-state index in [4.69, 9.17) is 4.74 Å². The lowest BCUT2D eigenvalue weighted by Crippen LogP contribution is -2.34. The monoisotopic (exact) mass is 408 g/mol. The number of carbonyl (C=O) groups excluding carboxylic acids is 4. The number of ether oxygens (including phenoxy) is 1. The highest BCUT2D eigenvalue weighted by Gasteiger charge is 2.47. The molecule has 3 atom stereocenters. The Morgan fingerprint density at radius 1 is 1.13 bits per heavy atom. The average Bonchev–Trinajstić information content (AvgIpc) is 3.19. The van der Waals surface area contributed by atoms with E-state index < -0.39 is 12.1 Å². The standard InChI is InChI=1S/C23H24N2O5/c1-13-20(17-9-5-6-10-18(17)24-13)21(27)14(2)30-19(26)11-12-25-22(28)15-7-3-4-8-16(15)23(25)29/h3-6,9-10,14-16,24H,7-8,11-12H2,1-2H3/t14-,15-,16-/m0/s1. The van der Waals surface area contributed by atoms with E-state index in [0.29, 0.717) is 24.1 Å². The zero-order valence-electron chi connectivity index (χ0n) is 17.0. The Kier molecular flexibility index (Phi) is 5.28. The molecule has 2 heterocycles. The number of benzene rings is 1. The highest BCUT2D eigenvalue weighted by molar-refractivity contribution is 6.11. The molecular weight excluding hydrogens is 384 g/mol. The fourth-order valence-corrected chi connectivity index (χ4v) is 4.40. The number of para-hydroxylation sites is 1. The van der Waals surface area contributed by atoms with Crippen molar-refractivity contribution in [2.24, 2.45) is 11.8 Å². The van der Waals surface area contributed by atoms with E-state index in [0.717, 1.165) is 10.9 Å². The van der Waals surface area contributed by atoms with Crippen LogP contribution in [0.3, 0.4) is 0 Å². The Bertz CT molecular complexity index is 1040. The van der Waals surface area contributed by atoms with Crippen LogP contribution in [0.25, 0.3) is 10.9 Å². The van der Waals surface area contributed by atoms with Gasteiger partial charge in [0.1, 0.15) is 0 Å². The zero-order chi connectivity index (χ0) is 21.4. The van der Waals surface area contributed by atoms with Gasteiger partial charge in [-0.1, -0.05) is 30.4 Å². The van der Waals surface area contributed by atoms with E-state index in [1.807, 2.05) is 36.4 Å². The summed E-state index contributed by atoms with van der Waals surface area (Å²) in [4.78, 5) is 54.5. The minimum atomic E-state index is -0.966. The maximum absolute atomic E-state index is 12.9. The zero-order valence-corrected chi connectivity index (χ0v) is 17.0. The summed E-state index contributed by atoms with van der Waals surface area (Å²) in [7, 11) is 0. The first kappa shape index (κ1) is 20.1. The molecule has 0 radical (unpaired) electrons. The van der Waals surface area contributed by atoms with E-state index in [1.54, 1.807) is 6.92 Å². The highest BCUT2D eigenvalue weighted by Crippen LogP contribution is 2.35. The van der Waals surface area contributed by atoms with Gasteiger partial charge in [-0.25, -0.2) is 0 Å². The number of nitrogens with zero attached hydrogens (tertiary/aromatic N) is 1. The fraction of sp³-hybridized carbons (Fsp3) is 0.391. The number of hydrogen-bond acceptors (Lipinski definition) is 5. The molecule has 1 aliphatic carbocycles. The van der Waals surface area contributed by atoms with Gasteiger partial charge >= 0.3 is 5.97 Å². The fourth-order valence-electron chi connectivity index (χ4n) is 4.40. The Hall–Kier alpha value is -3.22. The lowest BCUT2D eigenvalue weighted by Gasteiger charge is -2.16. The number of esters is 1. The molecule has 0 bridgehead atoms. The second kappa shape index (κ2) is 7.89. The summed E-state index contributed by atoms with van der Waals surface area (Å²) in [6, 6.07) is 7.45. The van der Waals surface area contributed by atoms with Crippen LogP contribution in [0.4, 0.5) is 0 Å². The molecule has 30 heavy (non-hydrogen) atoms. The lowest BCUT2D eigenvalue weighted by atomic mass is 9.85. The van der Waals surface area contributed by atoms with Crippen LogP contribution in [0.1, 0.15) is 42.2 Å². The van der Waals surface area contributed by atoms with Gasteiger partial charge in [0, 0.05) is 28.7 Å². The van der Waals surface area contributed by atoms with Gasteiger partial charge in [0.15, 0.2) is 6.10 Å². The number of fused-ring (bicyclic) bond motifs is 2. The number of allylic oxidation sites excluding steroid dienone is 2. The van der Waals surface area contributed by atoms with Gasteiger partial charge in [-0.2, -0.15) is 0 Å². The van der Waals surface area contributed by atoms with Crippen molar-refractivity contribution >= 4 is 34.5 Å². The predicted octanol–water partition coefficient (Wildman–Crippen LogP) is 2.93. The molecule has 2 amide bonds. The van der Waals surface area contributed by atoms with E-state index in [2.05, 4.69) is 4.98 Å². The number of aromatic nitrogens is 1. The maximum atomic E-state index is 12.9. The van der Waals surface area contributed by atoms with Crippen LogP contribution in [-0.4, -0.2) is 46.1 Å². The molecule has 4 rings (SSSR count). The van der Waals surface area contributed by atoms with Crippen LogP contribution in [0, 0.1) is 18.8 Å². The van der Waals surface area contributed by atoms with Crippen molar-refractivity contribution in [2.45, 2.75) is 39.2 Å². The molecule has 0 unspecified atom stereocenters. The largest absolute Gasteiger partial charge is 0.454 e. The second-order valence-electron chi connectivity index (χ2n) is 7.90. The van der Waals surface area contributed by atoms with Gasteiger partial charge in [0.2, 0.25) is 17.6 Å². The number of H-pyrrole nitrogens is 1. The van der Waals surface area contributed by atoms with Crippen LogP contribution >= 0.6 is 0 Å². The third kappa shape index (κ3) is 3.44. The predicted molar refractivity (Wildman–Crippen MR) is 110 cm³/mol.